The van der Waals surface area contributed by atoms with E-state index in [9.17, 15) is 14.7 Å². The summed E-state index contributed by atoms with van der Waals surface area (Å²) in [4.78, 5) is 32.7. The summed E-state index contributed by atoms with van der Waals surface area (Å²) in [6, 6.07) is 32.0. The molecule has 8 nitrogen and oxygen atoms in total. The van der Waals surface area contributed by atoms with Gasteiger partial charge in [-0.2, -0.15) is 0 Å². The van der Waals surface area contributed by atoms with Crippen LogP contribution in [0.1, 0.15) is 95.0 Å². The molecule has 4 aromatic carbocycles. The van der Waals surface area contributed by atoms with Gasteiger partial charge in [0.25, 0.3) is 5.91 Å². The van der Waals surface area contributed by atoms with Crippen LogP contribution >= 0.6 is 0 Å². The van der Waals surface area contributed by atoms with E-state index in [0.717, 1.165) is 74.6 Å². The van der Waals surface area contributed by atoms with Gasteiger partial charge in [-0.3, -0.25) is 14.5 Å². The Balaban J connectivity index is 0.753. The molecule has 0 aromatic heterocycles. The van der Waals surface area contributed by atoms with Crippen molar-refractivity contribution in [3.05, 3.63) is 137 Å². The van der Waals surface area contributed by atoms with Crippen molar-refractivity contribution < 1.29 is 19.4 Å². The molecule has 2 aliphatic carbocycles. The number of benzene rings is 4. The van der Waals surface area contributed by atoms with Crippen molar-refractivity contribution in [2.75, 3.05) is 37.7 Å². The number of aryl methyl sites for hydroxylation is 1. The lowest BCUT2D eigenvalue weighted by Crippen LogP contribution is -2.49. The van der Waals surface area contributed by atoms with E-state index in [0.29, 0.717) is 43.0 Å². The number of nitrogens with one attached hydrogen (secondary N) is 1. The third kappa shape index (κ3) is 7.25. The van der Waals surface area contributed by atoms with Gasteiger partial charge in [0.1, 0.15) is 17.5 Å². The van der Waals surface area contributed by atoms with Crippen LogP contribution in [0.5, 0.6) is 11.5 Å². The Labute approximate surface area is 324 Å². The van der Waals surface area contributed by atoms with E-state index in [-0.39, 0.29) is 17.7 Å². The predicted octanol–water partition coefficient (Wildman–Crippen LogP) is 7.76. The fraction of sp³-hybridized carbons (Fsp3) is 0.404. The van der Waals surface area contributed by atoms with Gasteiger partial charge in [0.05, 0.1) is 6.61 Å². The topological polar surface area (TPSA) is 85.4 Å². The van der Waals surface area contributed by atoms with Gasteiger partial charge in [-0.05, 0) is 133 Å². The molecule has 0 bridgehead atoms. The maximum atomic E-state index is 13.2. The summed E-state index contributed by atoms with van der Waals surface area (Å²) in [6.45, 7) is 9.15. The van der Waals surface area contributed by atoms with E-state index in [4.69, 9.17) is 4.74 Å². The standard InChI is InChI=1S/C47H52N4O4/c1-31-7-20-44(46(53)48-31)51-30-36-28-38(13-18-43(36)47(51)54)50-24-22-49(23-25-50)37-12-8-32(27-37)21-26-55-40-15-9-34(10-16-40)45-41(33-5-3-2-4-6-33)17-11-35-29-39(52)14-19-42(35)45/h2-6,9-10,13-16,18-19,28-29,32,37,41,44-45,52H,1,7-8,11-12,17,20-27,30H2,(H,48,53)/t32?,37?,41-,44?,45+/m1/s1. The van der Waals surface area contributed by atoms with Crippen molar-refractivity contribution in [2.45, 2.75) is 81.8 Å². The highest BCUT2D eigenvalue weighted by molar-refractivity contribution is 6.01. The Kier molecular flexibility index (Phi) is 9.85. The van der Waals surface area contributed by atoms with Gasteiger partial charge in [0.15, 0.2) is 0 Å². The number of anilines is 1. The van der Waals surface area contributed by atoms with Crippen molar-refractivity contribution in [1.29, 1.82) is 0 Å². The second kappa shape index (κ2) is 15.2. The number of aromatic hydroxyl groups is 1. The minimum atomic E-state index is -0.428. The molecule has 9 rings (SSSR count). The lowest BCUT2D eigenvalue weighted by Gasteiger charge is -2.39. The summed E-state index contributed by atoms with van der Waals surface area (Å²) in [5, 5.41) is 13.0. The van der Waals surface area contributed by atoms with Gasteiger partial charge >= 0.3 is 0 Å². The molecule has 2 N–H and O–H groups in total. The maximum Gasteiger partial charge on any atom is 0.255 e. The molecule has 0 radical (unpaired) electrons. The number of carbonyl (C=O) groups excluding carboxylic acids is 2. The molecular weight excluding hydrogens is 685 g/mol. The van der Waals surface area contributed by atoms with Crippen LogP contribution in [0.2, 0.25) is 0 Å². The number of amides is 2. The van der Waals surface area contributed by atoms with Crippen LogP contribution in [0.4, 0.5) is 5.69 Å². The van der Waals surface area contributed by atoms with Crippen molar-refractivity contribution >= 4 is 17.5 Å². The molecule has 3 heterocycles. The second-order valence-corrected chi connectivity index (χ2v) is 16.4. The molecule has 284 valence electrons. The van der Waals surface area contributed by atoms with Gasteiger partial charge in [-0.15, -0.1) is 0 Å². The number of rotatable bonds is 9. The van der Waals surface area contributed by atoms with Crippen LogP contribution in [0.15, 0.2) is 103 Å². The van der Waals surface area contributed by atoms with E-state index in [1.807, 2.05) is 18.2 Å². The van der Waals surface area contributed by atoms with Gasteiger partial charge in [-0.1, -0.05) is 55.1 Å². The van der Waals surface area contributed by atoms with E-state index in [2.05, 4.69) is 94.5 Å². The number of fused-ring (bicyclic) bond motifs is 2. The molecule has 1 saturated carbocycles. The third-order valence-corrected chi connectivity index (χ3v) is 13.2. The first-order valence-corrected chi connectivity index (χ1v) is 20.4. The fourth-order valence-corrected chi connectivity index (χ4v) is 10.2. The van der Waals surface area contributed by atoms with Crippen molar-refractivity contribution in [1.82, 2.24) is 15.1 Å². The van der Waals surface area contributed by atoms with Crippen molar-refractivity contribution in [2.24, 2.45) is 5.92 Å². The molecule has 3 aliphatic heterocycles. The van der Waals surface area contributed by atoms with E-state index in [1.165, 1.54) is 47.2 Å². The lowest BCUT2D eigenvalue weighted by atomic mass is 9.69. The fourth-order valence-electron chi connectivity index (χ4n) is 10.2. The highest BCUT2D eigenvalue weighted by Gasteiger charge is 2.39. The largest absolute Gasteiger partial charge is 0.508 e. The SMILES string of the molecule is C=C1CCC(N2Cc3cc(N4CCN(C5CCC(CCOc6ccc([C@@H]7c8ccc(O)cc8CC[C@@H]7c7ccccc7)cc6)C5)CC4)ccc3C2=O)C(=O)N1. The van der Waals surface area contributed by atoms with Gasteiger partial charge < -0.3 is 25.0 Å². The normalized spacial score (nSPS) is 25.5. The predicted molar refractivity (Wildman–Crippen MR) is 216 cm³/mol. The Morgan fingerprint density at radius 2 is 1.62 bits per heavy atom. The number of nitrogens with zero attached hydrogens (tertiary/aromatic N) is 3. The zero-order valence-corrected chi connectivity index (χ0v) is 31.7. The minimum Gasteiger partial charge on any atom is -0.508 e. The Hall–Kier alpha value is -5.08. The first kappa shape index (κ1) is 35.6. The molecule has 55 heavy (non-hydrogen) atoms. The smallest absolute Gasteiger partial charge is 0.255 e. The Morgan fingerprint density at radius 1 is 0.800 bits per heavy atom. The Morgan fingerprint density at radius 3 is 2.42 bits per heavy atom. The number of carbonyl (C=O) groups is 2. The van der Waals surface area contributed by atoms with Crippen molar-refractivity contribution in [3.63, 3.8) is 0 Å². The van der Waals surface area contributed by atoms with Gasteiger partial charge in [0, 0.05) is 61.6 Å². The maximum absolute atomic E-state index is 13.2. The number of allylic oxidation sites excluding steroid dienone is 1. The molecular formula is C47H52N4O4. The summed E-state index contributed by atoms with van der Waals surface area (Å²) >= 11 is 0. The van der Waals surface area contributed by atoms with Gasteiger partial charge in [0.2, 0.25) is 5.91 Å². The first-order valence-electron chi connectivity index (χ1n) is 20.4. The van der Waals surface area contributed by atoms with Gasteiger partial charge in [-0.25, -0.2) is 0 Å². The van der Waals surface area contributed by atoms with Crippen LogP contribution in [0.25, 0.3) is 0 Å². The summed E-state index contributed by atoms with van der Waals surface area (Å²) in [5.74, 6) is 2.42. The van der Waals surface area contributed by atoms with E-state index < -0.39 is 6.04 Å². The van der Waals surface area contributed by atoms with E-state index in [1.54, 1.807) is 4.90 Å². The average molecular weight is 737 g/mol. The number of hydrogen-bond acceptors (Lipinski definition) is 6. The molecule has 5 atom stereocenters. The van der Waals surface area contributed by atoms with Crippen LogP contribution < -0.4 is 15.0 Å². The van der Waals surface area contributed by atoms with Crippen molar-refractivity contribution in [3.8, 4) is 11.5 Å². The monoisotopic (exact) mass is 736 g/mol. The zero-order chi connectivity index (χ0) is 37.5. The van der Waals surface area contributed by atoms with E-state index >= 15 is 0 Å². The summed E-state index contributed by atoms with van der Waals surface area (Å²) in [5.41, 5.74) is 8.88. The summed E-state index contributed by atoms with van der Waals surface area (Å²) < 4.78 is 6.34. The average Bonchev–Trinajstić information content (AvgIpc) is 3.82. The molecule has 3 fully saturated rings. The highest BCUT2D eigenvalue weighted by Crippen LogP contribution is 2.47. The number of piperazine rings is 1. The third-order valence-electron chi connectivity index (χ3n) is 13.2. The molecule has 2 amide bonds. The van der Waals surface area contributed by atoms with Crippen LogP contribution in [0, 0.1) is 5.92 Å². The minimum absolute atomic E-state index is 0.0420. The molecule has 4 aromatic rings. The first-order chi connectivity index (χ1) is 26.9. The zero-order valence-electron chi connectivity index (χ0n) is 31.7. The number of ether oxygens (including phenoxy) is 1. The van der Waals surface area contributed by atoms with Crippen LogP contribution in [-0.4, -0.2) is 71.6 Å². The van der Waals surface area contributed by atoms with Crippen LogP contribution in [-0.2, 0) is 17.8 Å². The number of piperidine rings is 1. The Bertz CT molecular complexity index is 2060. The number of phenolic OH excluding ortho intramolecular Hbond substituents is 1. The highest BCUT2D eigenvalue weighted by atomic mass is 16.5. The number of phenols is 1. The number of hydrogen-bond donors (Lipinski definition) is 2. The lowest BCUT2D eigenvalue weighted by molar-refractivity contribution is -0.126. The second-order valence-electron chi connectivity index (χ2n) is 16.4. The molecule has 2 saturated heterocycles. The quantitative estimate of drug-likeness (QED) is 0.183. The molecule has 0 spiro atoms. The molecule has 5 aliphatic rings. The molecule has 8 heteroatoms. The molecule has 3 unspecified atom stereocenters. The summed E-state index contributed by atoms with van der Waals surface area (Å²) in [6.07, 6.45) is 8.18. The van der Waals surface area contributed by atoms with Crippen LogP contribution in [0.3, 0.4) is 0 Å². The summed E-state index contributed by atoms with van der Waals surface area (Å²) in [7, 11) is 0.